The molecule has 444 valence electrons. The number of non-ortho nitro benzene ring substituents is 2. The first-order valence-electron chi connectivity index (χ1n) is 27.5. The number of halogens is 1. The van der Waals surface area contributed by atoms with Gasteiger partial charge in [0, 0.05) is 168 Å². The number of carbonyl (C=O) groups excluding carboxylic acids is 6. The summed E-state index contributed by atoms with van der Waals surface area (Å²) in [5.41, 5.74) is 1.33. The van der Waals surface area contributed by atoms with Crippen molar-refractivity contribution in [3.63, 3.8) is 0 Å². The van der Waals surface area contributed by atoms with Crippen molar-refractivity contribution in [2.75, 3.05) is 169 Å². The smallest absolute Gasteiger partial charge is 0.269 e. The summed E-state index contributed by atoms with van der Waals surface area (Å²) >= 11 is 3.00. The number of nitro benzene ring substituents is 2. The molecule has 2 saturated heterocycles. The zero-order chi connectivity index (χ0) is 58.4. The number of hydrogen-bond donors (Lipinski definition) is 9. The molecule has 9 N–H and O–H groups in total. The van der Waals surface area contributed by atoms with Crippen LogP contribution in [0.3, 0.4) is 0 Å². The summed E-state index contributed by atoms with van der Waals surface area (Å²) in [4.78, 5) is 106. The highest BCUT2D eigenvalue weighted by Crippen LogP contribution is 2.25. The van der Waals surface area contributed by atoms with Crippen molar-refractivity contribution in [2.24, 2.45) is 0 Å². The van der Waals surface area contributed by atoms with E-state index in [-0.39, 0.29) is 66.5 Å². The molecule has 2 aromatic rings. The fraction of sp³-hybridized carbons (Fsp3) is 0.654. The molecule has 27 heteroatoms. The van der Waals surface area contributed by atoms with Crippen LogP contribution in [0.2, 0.25) is 0 Å². The van der Waals surface area contributed by atoms with E-state index >= 15 is 0 Å². The number of hydrogen-bond acceptors (Lipinski definition) is 18. The molecule has 2 fully saturated rings. The summed E-state index contributed by atoms with van der Waals surface area (Å²) < 4.78 is 0. The molecule has 2 aliphatic rings. The van der Waals surface area contributed by atoms with E-state index < -0.39 is 21.9 Å². The van der Waals surface area contributed by atoms with Gasteiger partial charge in [-0.1, -0.05) is 40.2 Å². The summed E-state index contributed by atoms with van der Waals surface area (Å²) in [7, 11) is 0. The third-order valence-corrected chi connectivity index (χ3v) is 13.0. The lowest BCUT2D eigenvalue weighted by atomic mass is 10.0. The highest BCUT2D eigenvalue weighted by molar-refractivity contribution is 9.09. The maximum atomic E-state index is 13.5. The Kier molecular flexibility index (Phi) is 36.2. The van der Waals surface area contributed by atoms with Gasteiger partial charge in [0.05, 0.1) is 34.8 Å². The normalized spacial score (nSPS) is 16.7. The zero-order valence-electron chi connectivity index (χ0n) is 47.2. The highest BCUT2D eigenvalue weighted by Gasteiger charge is 2.31. The third kappa shape index (κ3) is 28.3. The van der Waals surface area contributed by atoms with Gasteiger partial charge in [-0.3, -0.25) is 73.5 Å². The Bertz CT molecular complexity index is 2080. The van der Waals surface area contributed by atoms with Crippen LogP contribution < -0.4 is 47.9 Å². The van der Waals surface area contributed by atoms with E-state index in [2.05, 4.69) is 68.7 Å². The third-order valence-electron chi connectivity index (χ3n) is 12.5. The van der Waals surface area contributed by atoms with E-state index in [0.717, 1.165) is 44.8 Å². The van der Waals surface area contributed by atoms with Gasteiger partial charge in [-0.2, -0.15) is 0 Å². The predicted octanol–water partition coefficient (Wildman–Crippen LogP) is -0.224. The molecule has 4 rings (SSSR count). The van der Waals surface area contributed by atoms with Gasteiger partial charge in [-0.05, 0) is 52.7 Å². The quantitative estimate of drug-likeness (QED) is 0.0443. The number of rotatable bonds is 21. The van der Waals surface area contributed by atoms with Crippen LogP contribution in [0, 0.1) is 20.2 Å². The lowest BCUT2D eigenvalue weighted by Crippen LogP contribution is -2.52. The zero-order valence-corrected chi connectivity index (χ0v) is 48.8. The van der Waals surface area contributed by atoms with E-state index in [9.17, 15) is 49.0 Å². The molecule has 2 heterocycles. The summed E-state index contributed by atoms with van der Waals surface area (Å²) in [5, 5.41) is 49.7. The molecule has 2 unspecified atom stereocenters. The molecule has 6 amide bonds. The summed E-state index contributed by atoms with van der Waals surface area (Å²) in [6.45, 7) is 25.2. The van der Waals surface area contributed by atoms with Crippen LogP contribution in [-0.4, -0.2) is 239 Å². The minimum Gasteiger partial charge on any atom is -0.356 e. The molecule has 26 nitrogen and oxygen atoms in total. The monoisotopic (exact) mass is 1180 g/mol. The van der Waals surface area contributed by atoms with E-state index in [1.165, 1.54) is 24.3 Å². The number of nitrogens with one attached hydrogen (secondary N) is 9. The average molecular weight is 1180 g/mol. The first-order valence-corrected chi connectivity index (χ1v) is 28.6. The molecule has 0 aromatic heterocycles. The number of nitro groups is 2. The molecular formula is C52H89BrN16O10. The summed E-state index contributed by atoms with van der Waals surface area (Å²) in [5.74, 6) is -0.598. The number of nitrogens with zero attached hydrogens (tertiary/aromatic N) is 7. The van der Waals surface area contributed by atoms with Crippen molar-refractivity contribution in [1.82, 2.24) is 72.4 Å². The molecule has 2 aromatic carbocycles. The Morgan fingerprint density at radius 3 is 1.00 bits per heavy atom. The minimum atomic E-state index is -0.749. The van der Waals surface area contributed by atoms with Crippen molar-refractivity contribution >= 4 is 62.7 Å². The molecule has 0 bridgehead atoms. The Labute approximate surface area is 474 Å². The van der Waals surface area contributed by atoms with Gasteiger partial charge in [0.1, 0.15) is 12.1 Å². The molecule has 79 heavy (non-hydrogen) atoms. The van der Waals surface area contributed by atoms with Crippen LogP contribution in [0.4, 0.5) is 11.4 Å². The van der Waals surface area contributed by atoms with E-state index in [0.29, 0.717) is 116 Å². The average Bonchev–Trinajstić information content (AvgIpc) is 3.41. The van der Waals surface area contributed by atoms with Gasteiger partial charge in [0.25, 0.3) is 11.4 Å². The second-order valence-electron chi connectivity index (χ2n) is 18.4. The van der Waals surface area contributed by atoms with Crippen molar-refractivity contribution in [2.45, 2.75) is 53.6 Å². The van der Waals surface area contributed by atoms with Gasteiger partial charge in [-0.15, -0.1) is 0 Å². The number of amides is 6. The van der Waals surface area contributed by atoms with Crippen molar-refractivity contribution in [1.29, 1.82) is 0 Å². The molecule has 0 aliphatic carbocycles. The highest BCUT2D eigenvalue weighted by atomic mass is 79.9. The Morgan fingerprint density at radius 2 is 0.722 bits per heavy atom. The summed E-state index contributed by atoms with van der Waals surface area (Å²) in [6.07, 6.45) is 0. The van der Waals surface area contributed by atoms with Crippen LogP contribution in [0.1, 0.15) is 64.8 Å². The van der Waals surface area contributed by atoms with Gasteiger partial charge < -0.3 is 47.9 Å². The van der Waals surface area contributed by atoms with Crippen LogP contribution in [-0.2, 0) is 28.8 Å². The maximum absolute atomic E-state index is 13.5. The predicted molar refractivity (Wildman–Crippen MR) is 309 cm³/mol. The fourth-order valence-electron chi connectivity index (χ4n) is 8.60. The molecule has 0 spiro atoms. The van der Waals surface area contributed by atoms with Crippen LogP contribution in [0.25, 0.3) is 0 Å². The standard InChI is InChI=1S/C30H51N9O6.C18H30N6O3.C4H8BrNO/c1-5-31-26(40)21-35-13-15-36(22-27(41)32-6-2)17-19-38(20-18-37(16-14-35)23-28(42)33-7-3)29(30(43)34-8-4)24-9-11-25(12-10-24)39(44)45;1-2-22-18(25)17(15-3-5-16(6-4-15)24(26)27)23-13-11-20-9-7-19-8-10-21-12-14-23;1-2-6-4(7)3-5/h9-12,29H,5-8,13-23H2,1-4H3,(H,31,40)(H,32,41)(H,33,42)(H,34,43);3-6,17,19-21H,2,7-14H2,1H3,(H,22,25);2-3H2,1H3,(H,6,7). The second kappa shape index (κ2) is 41.3. The van der Waals surface area contributed by atoms with Gasteiger partial charge in [0.15, 0.2) is 0 Å². The number of benzene rings is 2. The van der Waals surface area contributed by atoms with E-state index in [4.69, 9.17) is 0 Å². The SMILES string of the molecule is CCNC(=O)C(c1ccc([N+](=O)[O-])cc1)N1CCNCCNCCNCC1.CCNC(=O)CBr.CCNC(=O)CN1CCN(CC(=O)NCC)CCN(C(C(=O)NCC)c2ccc([N+](=O)[O-])cc2)CCN(CC(=O)NCC)CC1. The van der Waals surface area contributed by atoms with Crippen molar-refractivity contribution < 1.29 is 38.6 Å². The van der Waals surface area contributed by atoms with Crippen molar-refractivity contribution in [3.05, 3.63) is 79.9 Å². The van der Waals surface area contributed by atoms with Gasteiger partial charge in [-0.25, -0.2) is 0 Å². The van der Waals surface area contributed by atoms with E-state index in [1.807, 2.05) is 61.1 Å². The minimum absolute atomic E-state index is 0.0259. The number of carbonyl (C=O) groups is 6. The lowest BCUT2D eigenvalue weighted by Gasteiger charge is -2.36. The molecule has 0 radical (unpaired) electrons. The molecule has 2 atom stereocenters. The Morgan fingerprint density at radius 1 is 0.443 bits per heavy atom. The molecular weight excluding hydrogens is 1090 g/mol. The van der Waals surface area contributed by atoms with Gasteiger partial charge >= 0.3 is 0 Å². The Hall–Kier alpha value is -5.78. The van der Waals surface area contributed by atoms with Crippen molar-refractivity contribution in [3.8, 4) is 0 Å². The summed E-state index contributed by atoms with van der Waals surface area (Å²) in [6, 6.07) is 11.0. The molecule has 0 saturated carbocycles. The number of likely N-dealkylation sites (N-methyl/N-ethyl adjacent to an activating group) is 5. The molecule has 2 aliphatic heterocycles. The first-order chi connectivity index (χ1) is 38.0. The van der Waals surface area contributed by atoms with Gasteiger partial charge in [0.2, 0.25) is 35.4 Å². The van der Waals surface area contributed by atoms with Crippen LogP contribution >= 0.6 is 15.9 Å². The maximum Gasteiger partial charge on any atom is 0.269 e. The lowest BCUT2D eigenvalue weighted by molar-refractivity contribution is -0.385. The van der Waals surface area contributed by atoms with Crippen LogP contribution in [0.15, 0.2) is 48.5 Å². The fourth-order valence-corrected chi connectivity index (χ4v) is 8.79. The van der Waals surface area contributed by atoms with E-state index in [1.54, 1.807) is 24.3 Å². The Balaban J connectivity index is 0.000000527. The largest absolute Gasteiger partial charge is 0.356 e. The number of alkyl halides is 1. The van der Waals surface area contributed by atoms with Crippen LogP contribution in [0.5, 0.6) is 0 Å². The second-order valence-corrected chi connectivity index (χ2v) is 19.0. The topological polar surface area (TPSA) is 313 Å². The first kappa shape index (κ1) is 69.3.